The fraction of sp³-hybridized carbons (Fsp3) is 0.222. The molecule has 2 aromatic carbocycles. The number of methoxy groups -OCH3 is 2. The average Bonchev–Trinajstić information content (AvgIpc) is 2.55. The van der Waals surface area contributed by atoms with Crippen molar-refractivity contribution < 1.29 is 13.7 Å². The highest BCUT2D eigenvalue weighted by Gasteiger charge is 2.14. The minimum atomic E-state index is -1.23. The van der Waals surface area contributed by atoms with E-state index in [-0.39, 0.29) is 0 Å². The van der Waals surface area contributed by atoms with Crippen molar-refractivity contribution in [3.8, 4) is 11.5 Å². The summed E-state index contributed by atoms with van der Waals surface area (Å²) in [5.74, 6) is 1.28. The zero-order valence-corrected chi connectivity index (χ0v) is 14.1. The second kappa shape index (κ2) is 7.27. The first-order valence-electron chi connectivity index (χ1n) is 6.98. The van der Waals surface area contributed by atoms with Crippen LogP contribution in [-0.4, -0.2) is 18.4 Å². The Morgan fingerprint density at radius 2 is 1.64 bits per heavy atom. The molecular formula is C18H20O3S. The van der Waals surface area contributed by atoms with Gasteiger partial charge in [0.1, 0.15) is 0 Å². The molecule has 0 N–H and O–H groups in total. The summed E-state index contributed by atoms with van der Waals surface area (Å²) in [6.45, 7) is 3.90. The second-order valence-corrected chi connectivity index (χ2v) is 6.25. The molecule has 2 aromatic rings. The molecular weight excluding hydrogens is 296 g/mol. The van der Waals surface area contributed by atoms with Crippen molar-refractivity contribution in [2.45, 2.75) is 18.7 Å². The molecule has 0 amide bonds. The van der Waals surface area contributed by atoms with E-state index >= 15 is 0 Å². The summed E-state index contributed by atoms with van der Waals surface area (Å²) >= 11 is 0. The van der Waals surface area contributed by atoms with E-state index in [0.717, 1.165) is 20.9 Å². The number of benzene rings is 2. The fourth-order valence-corrected chi connectivity index (χ4v) is 3.35. The first kappa shape index (κ1) is 16.3. The van der Waals surface area contributed by atoms with Gasteiger partial charge in [0.15, 0.2) is 11.5 Å². The molecule has 0 heterocycles. The van der Waals surface area contributed by atoms with E-state index in [1.165, 1.54) is 0 Å². The lowest BCUT2D eigenvalue weighted by Crippen LogP contribution is -1.98. The van der Waals surface area contributed by atoms with E-state index in [9.17, 15) is 4.21 Å². The third kappa shape index (κ3) is 3.39. The summed E-state index contributed by atoms with van der Waals surface area (Å²) in [6, 6.07) is 13.3. The summed E-state index contributed by atoms with van der Waals surface area (Å²) in [4.78, 5) is 1.54. The van der Waals surface area contributed by atoms with Gasteiger partial charge < -0.3 is 9.47 Å². The zero-order valence-electron chi connectivity index (χ0n) is 13.3. The highest BCUT2D eigenvalue weighted by atomic mass is 32.2. The highest BCUT2D eigenvalue weighted by Crippen LogP contribution is 2.32. The van der Waals surface area contributed by atoms with Crippen LogP contribution < -0.4 is 9.47 Å². The van der Waals surface area contributed by atoms with Crippen molar-refractivity contribution in [1.29, 1.82) is 0 Å². The van der Waals surface area contributed by atoms with Gasteiger partial charge in [-0.3, -0.25) is 0 Å². The molecule has 0 unspecified atom stereocenters. The minimum Gasteiger partial charge on any atom is -0.493 e. The van der Waals surface area contributed by atoms with Gasteiger partial charge in [0.2, 0.25) is 0 Å². The van der Waals surface area contributed by atoms with E-state index in [1.807, 2.05) is 62.4 Å². The largest absolute Gasteiger partial charge is 0.493 e. The first-order valence-corrected chi connectivity index (χ1v) is 8.12. The SMILES string of the molecule is C/C=C(\c1ccc(OC)c(OC)c1)[S@@](=O)c1ccc(C)cc1. The van der Waals surface area contributed by atoms with Crippen LogP contribution in [0.25, 0.3) is 4.91 Å². The molecule has 0 fully saturated rings. The summed E-state index contributed by atoms with van der Waals surface area (Å²) in [6.07, 6.45) is 1.87. The molecule has 3 nitrogen and oxygen atoms in total. The van der Waals surface area contributed by atoms with Gasteiger partial charge in [-0.15, -0.1) is 0 Å². The Hall–Kier alpha value is -2.07. The van der Waals surface area contributed by atoms with Crippen LogP contribution in [0.15, 0.2) is 53.4 Å². The molecule has 2 rings (SSSR count). The molecule has 0 spiro atoms. The number of aryl methyl sites for hydroxylation is 1. The van der Waals surface area contributed by atoms with E-state index in [0.29, 0.717) is 11.5 Å². The molecule has 0 aliphatic carbocycles. The first-order chi connectivity index (χ1) is 10.6. The van der Waals surface area contributed by atoms with Gasteiger partial charge >= 0.3 is 0 Å². The number of allylic oxidation sites excluding steroid dienone is 1. The van der Waals surface area contributed by atoms with Crippen LogP contribution in [-0.2, 0) is 10.8 Å². The van der Waals surface area contributed by atoms with Gasteiger partial charge in [0.05, 0.1) is 25.0 Å². The van der Waals surface area contributed by atoms with Crippen molar-refractivity contribution >= 4 is 15.7 Å². The van der Waals surface area contributed by atoms with Crippen LogP contribution in [0.2, 0.25) is 0 Å². The molecule has 1 atom stereocenters. The maximum absolute atomic E-state index is 12.8. The van der Waals surface area contributed by atoms with E-state index in [1.54, 1.807) is 14.2 Å². The molecule has 0 saturated heterocycles. The maximum Gasteiger partial charge on any atom is 0.161 e. The topological polar surface area (TPSA) is 35.5 Å². The van der Waals surface area contributed by atoms with Gasteiger partial charge in [-0.05, 0) is 49.7 Å². The lowest BCUT2D eigenvalue weighted by Gasteiger charge is -2.12. The quantitative estimate of drug-likeness (QED) is 0.830. The standard InChI is InChI=1S/C18H20O3S/c1-5-18(22(19)15-9-6-13(2)7-10-15)14-8-11-16(20-3)17(12-14)21-4/h5-12H,1-4H3/b18-5+/t22-/m0/s1. The van der Waals surface area contributed by atoms with Gasteiger partial charge in [-0.1, -0.05) is 23.8 Å². The predicted molar refractivity (Wildman–Crippen MR) is 90.8 cm³/mol. The van der Waals surface area contributed by atoms with Crippen LogP contribution in [0.3, 0.4) is 0 Å². The van der Waals surface area contributed by atoms with Crippen LogP contribution in [0.4, 0.5) is 0 Å². The van der Waals surface area contributed by atoms with Crippen LogP contribution in [0.1, 0.15) is 18.1 Å². The normalized spacial score (nSPS) is 12.8. The molecule has 0 saturated carbocycles. The lowest BCUT2D eigenvalue weighted by atomic mass is 10.2. The Kier molecular flexibility index (Phi) is 5.39. The molecule has 22 heavy (non-hydrogen) atoms. The molecule has 4 heteroatoms. The number of ether oxygens (including phenoxy) is 2. The monoisotopic (exact) mass is 316 g/mol. The summed E-state index contributed by atoms with van der Waals surface area (Å²) in [5, 5.41) is 0. The highest BCUT2D eigenvalue weighted by molar-refractivity contribution is 7.94. The van der Waals surface area contributed by atoms with Gasteiger partial charge in [0.25, 0.3) is 0 Å². The Morgan fingerprint density at radius 3 is 2.18 bits per heavy atom. The lowest BCUT2D eigenvalue weighted by molar-refractivity contribution is 0.355. The summed E-state index contributed by atoms with van der Waals surface area (Å²) in [7, 11) is 1.95. The van der Waals surface area contributed by atoms with Crippen molar-refractivity contribution in [2.24, 2.45) is 0 Å². The summed E-state index contributed by atoms with van der Waals surface area (Å²) < 4.78 is 23.4. The van der Waals surface area contributed by atoms with Crippen molar-refractivity contribution in [3.63, 3.8) is 0 Å². The number of hydrogen-bond acceptors (Lipinski definition) is 3. The van der Waals surface area contributed by atoms with E-state index < -0.39 is 10.8 Å². The molecule has 116 valence electrons. The van der Waals surface area contributed by atoms with Crippen LogP contribution >= 0.6 is 0 Å². The van der Waals surface area contributed by atoms with Crippen molar-refractivity contribution in [2.75, 3.05) is 14.2 Å². The minimum absolute atomic E-state index is 0.625. The zero-order chi connectivity index (χ0) is 16.1. The van der Waals surface area contributed by atoms with Crippen molar-refractivity contribution in [3.05, 3.63) is 59.7 Å². The Morgan fingerprint density at radius 1 is 1.00 bits per heavy atom. The molecule has 0 radical (unpaired) electrons. The molecule has 0 bridgehead atoms. The second-order valence-electron chi connectivity index (χ2n) is 4.80. The molecule has 0 aromatic heterocycles. The van der Waals surface area contributed by atoms with Gasteiger partial charge in [-0.2, -0.15) is 0 Å². The maximum atomic E-state index is 12.8. The molecule has 0 aliphatic heterocycles. The molecule has 0 aliphatic rings. The number of hydrogen-bond donors (Lipinski definition) is 0. The summed E-state index contributed by atoms with van der Waals surface area (Å²) in [5.41, 5.74) is 2.01. The fourth-order valence-electron chi connectivity index (χ4n) is 2.16. The Balaban J connectivity index is 2.40. The van der Waals surface area contributed by atoms with Gasteiger partial charge in [0, 0.05) is 9.80 Å². The Bertz CT molecular complexity index is 703. The smallest absolute Gasteiger partial charge is 0.161 e. The Labute approximate surface area is 134 Å². The van der Waals surface area contributed by atoms with Crippen LogP contribution in [0, 0.1) is 6.92 Å². The number of rotatable bonds is 5. The van der Waals surface area contributed by atoms with Gasteiger partial charge in [-0.25, -0.2) is 4.21 Å². The predicted octanol–water partition coefficient (Wildman–Crippen LogP) is 4.18. The van der Waals surface area contributed by atoms with Crippen LogP contribution in [0.5, 0.6) is 11.5 Å². The van der Waals surface area contributed by atoms with E-state index in [4.69, 9.17) is 9.47 Å². The third-order valence-electron chi connectivity index (χ3n) is 3.37. The average molecular weight is 316 g/mol. The third-order valence-corrected chi connectivity index (χ3v) is 4.94. The van der Waals surface area contributed by atoms with Crippen molar-refractivity contribution in [1.82, 2.24) is 0 Å². The van der Waals surface area contributed by atoms with E-state index in [2.05, 4.69) is 0 Å².